The molecule has 0 saturated carbocycles. The molecule has 1 atom stereocenters. The minimum Gasteiger partial charge on any atom is -0.350 e. The molecule has 0 spiro atoms. The fourth-order valence-corrected chi connectivity index (χ4v) is 3.48. The Morgan fingerprint density at radius 2 is 1.84 bits per heavy atom. The van der Waals surface area contributed by atoms with Crippen molar-refractivity contribution >= 4 is 17.5 Å². The van der Waals surface area contributed by atoms with Gasteiger partial charge in [0.05, 0.1) is 17.7 Å². The average molecular weight is 354 g/mol. The van der Waals surface area contributed by atoms with E-state index in [-0.39, 0.29) is 11.9 Å². The number of carbonyl (C=O) groups is 1. The van der Waals surface area contributed by atoms with Crippen LogP contribution in [0.5, 0.6) is 0 Å². The average Bonchev–Trinajstić information content (AvgIpc) is 3.17. The lowest BCUT2D eigenvalue weighted by Crippen LogP contribution is -2.37. The number of halogens is 1. The number of nitriles is 1. The molecule has 1 amide bonds. The highest BCUT2D eigenvalue weighted by molar-refractivity contribution is 6.31. The number of nitrogens with one attached hydrogen (secondary N) is 1. The number of likely N-dealkylation sites (tertiary alicyclic amines) is 1. The molecule has 0 radical (unpaired) electrons. The number of nitrogens with zero attached hydrogens (tertiary/aromatic N) is 2. The van der Waals surface area contributed by atoms with Crippen molar-refractivity contribution < 1.29 is 4.79 Å². The molecule has 2 aromatic carbocycles. The van der Waals surface area contributed by atoms with Crippen molar-refractivity contribution in [2.75, 3.05) is 19.6 Å². The number of benzene rings is 2. The van der Waals surface area contributed by atoms with Crippen LogP contribution in [-0.4, -0.2) is 30.4 Å². The first-order chi connectivity index (χ1) is 12.2. The first-order valence-electron chi connectivity index (χ1n) is 8.46. The van der Waals surface area contributed by atoms with E-state index in [0.717, 1.165) is 23.7 Å². The predicted molar refractivity (Wildman–Crippen MR) is 98.5 cm³/mol. The molecule has 1 fully saturated rings. The van der Waals surface area contributed by atoms with Gasteiger partial charge in [0.25, 0.3) is 5.91 Å². The largest absolute Gasteiger partial charge is 0.350 e. The summed E-state index contributed by atoms with van der Waals surface area (Å²) in [6.45, 7) is 2.54. The van der Waals surface area contributed by atoms with Gasteiger partial charge in [-0.3, -0.25) is 9.69 Å². The van der Waals surface area contributed by atoms with Gasteiger partial charge in [0.15, 0.2) is 0 Å². The molecule has 1 N–H and O–H groups in total. The molecule has 3 rings (SSSR count). The Kier molecular flexibility index (Phi) is 5.70. The SMILES string of the molecule is N#Cc1ccc(C(=O)NCC(c2ccccc2Cl)N2CCCC2)cc1. The monoisotopic (exact) mass is 353 g/mol. The Hall–Kier alpha value is -2.35. The molecule has 1 aliphatic rings. The number of rotatable bonds is 5. The molecule has 1 aliphatic heterocycles. The molecule has 1 heterocycles. The third-order valence-corrected chi connectivity index (χ3v) is 4.92. The van der Waals surface area contributed by atoms with E-state index in [1.807, 2.05) is 24.3 Å². The number of hydrogen-bond acceptors (Lipinski definition) is 3. The van der Waals surface area contributed by atoms with Crippen LogP contribution < -0.4 is 5.32 Å². The molecule has 4 nitrogen and oxygen atoms in total. The van der Waals surface area contributed by atoms with Crippen LogP contribution in [0, 0.1) is 11.3 Å². The third kappa shape index (κ3) is 4.19. The first-order valence-corrected chi connectivity index (χ1v) is 8.83. The van der Waals surface area contributed by atoms with E-state index < -0.39 is 0 Å². The molecule has 2 aromatic rings. The summed E-state index contributed by atoms with van der Waals surface area (Å²) in [5.41, 5.74) is 2.15. The molecule has 128 valence electrons. The summed E-state index contributed by atoms with van der Waals surface area (Å²) >= 11 is 6.39. The zero-order valence-electron chi connectivity index (χ0n) is 13.9. The molecule has 25 heavy (non-hydrogen) atoms. The van der Waals surface area contributed by atoms with Crippen LogP contribution in [0.25, 0.3) is 0 Å². The highest BCUT2D eigenvalue weighted by Crippen LogP contribution is 2.29. The fourth-order valence-electron chi connectivity index (χ4n) is 3.22. The van der Waals surface area contributed by atoms with Gasteiger partial charge in [0, 0.05) is 17.1 Å². The summed E-state index contributed by atoms with van der Waals surface area (Å²) in [6, 6.07) is 16.6. The molecular weight excluding hydrogens is 334 g/mol. The number of amides is 1. The van der Waals surface area contributed by atoms with Gasteiger partial charge in [-0.05, 0) is 61.8 Å². The summed E-state index contributed by atoms with van der Waals surface area (Å²) in [7, 11) is 0. The van der Waals surface area contributed by atoms with Gasteiger partial charge in [-0.25, -0.2) is 0 Å². The second kappa shape index (κ2) is 8.15. The zero-order valence-corrected chi connectivity index (χ0v) is 14.7. The summed E-state index contributed by atoms with van der Waals surface area (Å²) in [4.78, 5) is 14.8. The van der Waals surface area contributed by atoms with E-state index in [1.165, 1.54) is 12.8 Å². The van der Waals surface area contributed by atoms with E-state index in [1.54, 1.807) is 24.3 Å². The van der Waals surface area contributed by atoms with Gasteiger partial charge >= 0.3 is 0 Å². The molecule has 5 heteroatoms. The van der Waals surface area contributed by atoms with Crippen LogP contribution >= 0.6 is 11.6 Å². The lowest BCUT2D eigenvalue weighted by molar-refractivity contribution is 0.0938. The molecule has 0 bridgehead atoms. The van der Waals surface area contributed by atoms with E-state index in [2.05, 4.69) is 16.3 Å². The van der Waals surface area contributed by atoms with E-state index in [4.69, 9.17) is 16.9 Å². The van der Waals surface area contributed by atoms with Crippen molar-refractivity contribution in [3.05, 3.63) is 70.2 Å². The van der Waals surface area contributed by atoms with Gasteiger partial charge in [-0.2, -0.15) is 5.26 Å². The number of hydrogen-bond donors (Lipinski definition) is 1. The summed E-state index contributed by atoms with van der Waals surface area (Å²) in [6.07, 6.45) is 2.34. The summed E-state index contributed by atoms with van der Waals surface area (Å²) < 4.78 is 0. The van der Waals surface area contributed by atoms with Gasteiger partial charge in [-0.1, -0.05) is 29.8 Å². The maximum Gasteiger partial charge on any atom is 0.251 e. The lowest BCUT2D eigenvalue weighted by atomic mass is 10.0. The Labute approximate surface area is 153 Å². The highest BCUT2D eigenvalue weighted by atomic mass is 35.5. The van der Waals surface area contributed by atoms with Crippen molar-refractivity contribution in [2.24, 2.45) is 0 Å². The minimum absolute atomic E-state index is 0.0681. The Bertz CT molecular complexity index is 776. The number of carbonyl (C=O) groups excluding carboxylic acids is 1. The highest BCUT2D eigenvalue weighted by Gasteiger charge is 2.25. The van der Waals surface area contributed by atoms with Crippen LogP contribution in [0.2, 0.25) is 5.02 Å². The molecule has 0 aliphatic carbocycles. The van der Waals surface area contributed by atoms with Crippen molar-refractivity contribution in [2.45, 2.75) is 18.9 Å². The molecule has 1 saturated heterocycles. The third-order valence-electron chi connectivity index (χ3n) is 4.58. The van der Waals surface area contributed by atoms with Crippen molar-refractivity contribution in [3.8, 4) is 6.07 Å². The second-order valence-electron chi connectivity index (χ2n) is 6.18. The normalized spacial score (nSPS) is 15.5. The Morgan fingerprint density at radius 3 is 2.48 bits per heavy atom. The smallest absolute Gasteiger partial charge is 0.251 e. The van der Waals surface area contributed by atoms with E-state index >= 15 is 0 Å². The molecule has 0 aromatic heterocycles. The van der Waals surface area contributed by atoms with Crippen LogP contribution in [-0.2, 0) is 0 Å². The van der Waals surface area contributed by atoms with Gasteiger partial charge in [0.2, 0.25) is 0 Å². The van der Waals surface area contributed by atoms with E-state index in [0.29, 0.717) is 17.7 Å². The summed E-state index contributed by atoms with van der Waals surface area (Å²) in [5.74, 6) is -0.138. The Morgan fingerprint density at radius 1 is 1.16 bits per heavy atom. The summed E-state index contributed by atoms with van der Waals surface area (Å²) in [5, 5.41) is 12.6. The second-order valence-corrected chi connectivity index (χ2v) is 6.59. The molecular formula is C20H20ClN3O. The van der Waals surface area contributed by atoms with Gasteiger partial charge < -0.3 is 5.32 Å². The van der Waals surface area contributed by atoms with E-state index in [9.17, 15) is 4.79 Å². The standard InChI is InChI=1S/C20H20ClN3O/c21-18-6-2-1-5-17(18)19(24-11-3-4-12-24)14-23-20(25)16-9-7-15(13-22)8-10-16/h1-2,5-10,19H,3-4,11-12,14H2,(H,23,25). The van der Waals surface area contributed by atoms with Crippen molar-refractivity contribution in [1.29, 1.82) is 5.26 Å². The molecule has 1 unspecified atom stereocenters. The first kappa shape index (κ1) is 17.5. The lowest BCUT2D eigenvalue weighted by Gasteiger charge is -2.29. The maximum absolute atomic E-state index is 12.4. The van der Waals surface area contributed by atoms with Crippen LogP contribution in [0.4, 0.5) is 0 Å². The fraction of sp³-hybridized carbons (Fsp3) is 0.300. The van der Waals surface area contributed by atoms with Crippen LogP contribution in [0.3, 0.4) is 0 Å². The van der Waals surface area contributed by atoms with Crippen LogP contribution in [0.1, 0.15) is 40.4 Å². The zero-order chi connectivity index (χ0) is 17.6. The van der Waals surface area contributed by atoms with Gasteiger partial charge in [0.1, 0.15) is 0 Å². The van der Waals surface area contributed by atoms with Crippen LogP contribution in [0.15, 0.2) is 48.5 Å². The minimum atomic E-state index is -0.138. The topological polar surface area (TPSA) is 56.1 Å². The predicted octanol–water partition coefficient (Wildman–Crippen LogP) is 3.78. The van der Waals surface area contributed by atoms with Crippen molar-refractivity contribution in [3.63, 3.8) is 0 Å². The van der Waals surface area contributed by atoms with Gasteiger partial charge in [-0.15, -0.1) is 0 Å². The van der Waals surface area contributed by atoms with Crippen molar-refractivity contribution in [1.82, 2.24) is 10.2 Å². The maximum atomic E-state index is 12.4. The Balaban J connectivity index is 1.73. The quantitative estimate of drug-likeness (QED) is 0.890.